The first-order chi connectivity index (χ1) is 9.08. The zero-order valence-corrected chi connectivity index (χ0v) is 11.5. The van der Waals surface area contributed by atoms with Crippen LogP contribution in [0.3, 0.4) is 0 Å². The molecule has 0 bridgehead atoms. The lowest BCUT2D eigenvalue weighted by Crippen LogP contribution is -2.09. The molecule has 19 heavy (non-hydrogen) atoms. The van der Waals surface area contributed by atoms with E-state index in [0.717, 1.165) is 5.56 Å². The number of aryl methyl sites for hydroxylation is 1. The molecule has 0 saturated heterocycles. The van der Waals surface area contributed by atoms with Gasteiger partial charge in [-0.25, -0.2) is 9.78 Å². The molecule has 0 atom stereocenters. The van der Waals surface area contributed by atoms with Gasteiger partial charge < -0.3 is 9.30 Å². The summed E-state index contributed by atoms with van der Waals surface area (Å²) in [4.78, 5) is 15.7. The number of hydrogen-bond donors (Lipinski definition) is 0. The SMILES string of the molecule is CC(C)c1ccc(COC(=O)c2cncn2C)cc1. The Hall–Kier alpha value is -2.10. The molecule has 100 valence electrons. The van der Waals surface area contributed by atoms with Crippen LogP contribution in [0.15, 0.2) is 36.8 Å². The molecule has 0 radical (unpaired) electrons. The summed E-state index contributed by atoms with van der Waals surface area (Å²) in [6, 6.07) is 8.12. The van der Waals surface area contributed by atoms with Crippen LogP contribution in [-0.2, 0) is 18.4 Å². The lowest BCUT2D eigenvalue weighted by atomic mass is 10.0. The summed E-state index contributed by atoms with van der Waals surface area (Å²) in [5.41, 5.74) is 2.72. The van der Waals surface area contributed by atoms with Crippen molar-refractivity contribution in [3.63, 3.8) is 0 Å². The Bertz CT molecular complexity index is 556. The van der Waals surface area contributed by atoms with Gasteiger partial charge in [0.1, 0.15) is 12.3 Å². The molecule has 0 aliphatic heterocycles. The first-order valence-electron chi connectivity index (χ1n) is 6.30. The Morgan fingerprint density at radius 1 is 1.32 bits per heavy atom. The average Bonchev–Trinajstić information content (AvgIpc) is 2.83. The van der Waals surface area contributed by atoms with Gasteiger partial charge in [-0.05, 0) is 17.0 Å². The fraction of sp³-hybridized carbons (Fsp3) is 0.333. The fourth-order valence-electron chi connectivity index (χ4n) is 1.78. The van der Waals surface area contributed by atoms with E-state index in [1.165, 1.54) is 11.8 Å². The minimum atomic E-state index is -0.354. The highest BCUT2D eigenvalue weighted by Crippen LogP contribution is 2.15. The summed E-state index contributed by atoms with van der Waals surface area (Å²) in [5, 5.41) is 0. The van der Waals surface area contributed by atoms with Gasteiger partial charge in [-0.3, -0.25) is 0 Å². The number of ether oxygens (including phenoxy) is 1. The molecule has 1 heterocycles. The van der Waals surface area contributed by atoms with Gasteiger partial charge in [0.2, 0.25) is 0 Å². The van der Waals surface area contributed by atoms with Gasteiger partial charge in [-0.15, -0.1) is 0 Å². The fourth-order valence-corrected chi connectivity index (χ4v) is 1.78. The Morgan fingerprint density at radius 3 is 2.53 bits per heavy atom. The number of nitrogens with zero attached hydrogens (tertiary/aromatic N) is 2. The molecule has 2 rings (SSSR count). The molecule has 0 N–H and O–H groups in total. The Kier molecular flexibility index (Phi) is 4.00. The Balaban J connectivity index is 1.95. The topological polar surface area (TPSA) is 44.1 Å². The van der Waals surface area contributed by atoms with Gasteiger partial charge in [0, 0.05) is 7.05 Å². The number of rotatable bonds is 4. The molecular weight excluding hydrogens is 240 g/mol. The lowest BCUT2D eigenvalue weighted by Gasteiger charge is -2.08. The molecule has 0 amide bonds. The second kappa shape index (κ2) is 5.69. The molecule has 0 fully saturated rings. The maximum Gasteiger partial charge on any atom is 0.356 e. The standard InChI is InChI=1S/C15H18N2O2/c1-11(2)13-6-4-12(5-7-13)9-19-15(18)14-8-16-10-17(14)3/h4-8,10-11H,9H2,1-3H3. The minimum Gasteiger partial charge on any atom is -0.456 e. The third kappa shape index (κ3) is 3.22. The Labute approximate surface area is 113 Å². The van der Waals surface area contributed by atoms with Crippen LogP contribution in [0.2, 0.25) is 0 Å². The number of hydrogen-bond acceptors (Lipinski definition) is 3. The van der Waals surface area contributed by atoms with E-state index in [-0.39, 0.29) is 12.6 Å². The third-order valence-electron chi connectivity index (χ3n) is 3.04. The largest absolute Gasteiger partial charge is 0.456 e. The van der Waals surface area contributed by atoms with Crippen LogP contribution >= 0.6 is 0 Å². The molecular formula is C15H18N2O2. The normalized spacial score (nSPS) is 10.7. The minimum absolute atomic E-state index is 0.280. The first-order valence-corrected chi connectivity index (χ1v) is 6.30. The lowest BCUT2D eigenvalue weighted by molar-refractivity contribution is 0.0461. The maximum absolute atomic E-state index is 11.8. The van der Waals surface area contributed by atoms with Crippen molar-refractivity contribution in [2.24, 2.45) is 7.05 Å². The molecule has 0 saturated carbocycles. The summed E-state index contributed by atoms with van der Waals surface area (Å²) < 4.78 is 6.90. The number of carbonyl (C=O) groups is 1. The smallest absolute Gasteiger partial charge is 0.356 e. The van der Waals surface area contributed by atoms with Crippen LogP contribution in [0, 0.1) is 0 Å². The van der Waals surface area contributed by atoms with Crippen LogP contribution < -0.4 is 0 Å². The van der Waals surface area contributed by atoms with Gasteiger partial charge in [0.15, 0.2) is 0 Å². The van der Waals surface area contributed by atoms with Crippen LogP contribution in [0.5, 0.6) is 0 Å². The zero-order valence-electron chi connectivity index (χ0n) is 11.5. The van der Waals surface area contributed by atoms with E-state index in [9.17, 15) is 4.79 Å². The van der Waals surface area contributed by atoms with Crippen molar-refractivity contribution in [1.82, 2.24) is 9.55 Å². The van der Waals surface area contributed by atoms with Crippen LogP contribution in [0.1, 0.15) is 41.4 Å². The van der Waals surface area contributed by atoms with Crippen LogP contribution in [-0.4, -0.2) is 15.5 Å². The summed E-state index contributed by atoms with van der Waals surface area (Å²) in [5.74, 6) is 0.152. The number of esters is 1. The zero-order chi connectivity index (χ0) is 13.8. The molecule has 4 heteroatoms. The van der Waals surface area contributed by atoms with E-state index in [1.54, 1.807) is 17.9 Å². The summed E-state index contributed by atoms with van der Waals surface area (Å²) in [6.45, 7) is 4.58. The summed E-state index contributed by atoms with van der Waals surface area (Å²) in [7, 11) is 1.76. The second-order valence-corrected chi connectivity index (χ2v) is 4.86. The van der Waals surface area contributed by atoms with Gasteiger partial charge in [0.05, 0.1) is 12.5 Å². The van der Waals surface area contributed by atoms with E-state index in [1.807, 2.05) is 12.1 Å². The van der Waals surface area contributed by atoms with E-state index >= 15 is 0 Å². The van der Waals surface area contributed by atoms with Crippen molar-refractivity contribution in [1.29, 1.82) is 0 Å². The summed E-state index contributed by atoms with van der Waals surface area (Å²) >= 11 is 0. The number of aromatic nitrogens is 2. The van der Waals surface area contributed by atoms with Crippen molar-refractivity contribution < 1.29 is 9.53 Å². The first kappa shape index (κ1) is 13.3. The molecule has 1 aromatic heterocycles. The Morgan fingerprint density at radius 2 is 2.00 bits per heavy atom. The van der Waals surface area contributed by atoms with E-state index in [0.29, 0.717) is 11.6 Å². The molecule has 0 spiro atoms. The molecule has 0 unspecified atom stereocenters. The van der Waals surface area contributed by atoms with Gasteiger partial charge in [-0.1, -0.05) is 38.1 Å². The van der Waals surface area contributed by atoms with E-state index < -0.39 is 0 Å². The van der Waals surface area contributed by atoms with Crippen molar-refractivity contribution in [2.45, 2.75) is 26.4 Å². The van der Waals surface area contributed by atoms with Gasteiger partial charge in [0.25, 0.3) is 0 Å². The predicted molar refractivity (Wildman–Crippen MR) is 72.9 cm³/mol. The average molecular weight is 258 g/mol. The maximum atomic E-state index is 11.8. The number of carbonyl (C=O) groups excluding carboxylic acids is 1. The van der Waals surface area contributed by atoms with Crippen molar-refractivity contribution >= 4 is 5.97 Å². The van der Waals surface area contributed by atoms with Crippen molar-refractivity contribution in [3.8, 4) is 0 Å². The van der Waals surface area contributed by atoms with Gasteiger partial charge >= 0.3 is 5.97 Å². The highest BCUT2D eigenvalue weighted by atomic mass is 16.5. The van der Waals surface area contributed by atoms with E-state index in [2.05, 4.69) is 31.0 Å². The molecule has 0 aliphatic rings. The highest BCUT2D eigenvalue weighted by molar-refractivity contribution is 5.87. The molecule has 1 aromatic carbocycles. The van der Waals surface area contributed by atoms with Gasteiger partial charge in [-0.2, -0.15) is 0 Å². The monoisotopic (exact) mass is 258 g/mol. The van der Waals surface area contributed by atoms with E-state index in [4.69, 9.17) is 4.74 Å². The van der Waals surface area contributed by atoms with Crippen LogP contribution in [0.25, 0.3) is 0 Å². The molecule has 2 aromatic rings. The number of benzene rings is 1. The number of imidazole rings is 1. The molecule has 0 aliphatic carbocycles. The van der Waals surface area contributed by atoms with Crippen LogP contribution in [0.4, 0.5) is 0 Å². The second-order valence-electron chi connectivity index (χ2n) is 4.86. The van der Waals surface area contributed by atoms with Crippen molar-refractivity contribution in [3.05, 3.63) is 53.6 Å². The quantitative estimate of drug-likeness (QED) is 0.792. The van der Waals surface area contributed by atoms with Crippen molar-refractivity contribution in [2.75, 3.05) is 0 Å². The molecule has 4 nitrogen and oxygen atoms in total. The summed E-state index contributed by atoms with van der Waals surface area (Å²) in [6.07, 6.45) is 3.08. The third-order valence-corrected chi connectivity index (χ3v) is 3.04. The predicted octanol–water partition coefficient (Wildman–Crippen LogP) is 2.90. The highest BCUT2D eigenvalue weighted by Gasteiger charge is 2.11.